The minimum Gasteiger partial charge on any atom is -0.508 e. The zero-order chi connectivity index (χ0) is 28.2. The van der Waals surface area contributed by atoms with Gasteiger partial charge in [-0.15, -0.1) is 0 Å². The number of rotatable bonds is 5. The minimum atomic E-state index is 0.348. The fraction of sp³-hybridized carbons (Fsp3) is 0.306. The van der Waals surface area contributed by atoms with Gasteiger partial charge in [0.15, 0.2) is 0 Å². The minimum absolute atomic E-state index is 0.348. The number of fused-ring (bicyclic) bond motifs is 6. The predicted octanol–water partition coefficient (Wildman–Crippen LogP) is 9.40. The normalized spacial score (nSPS) is 14.4. The largest absolute Gasteiger partial charge is 0.508 e. The van der Waals surface area contributed by atoms with Gasteiger partial charge in [0.25, 0.3) is 0 Å². The summed E-state index contributed by atoms with van der Waals surface area (Å²) in [5, 5.41) is 25.8. The molecule has 1 atom stereocenters. The zero-order valence-corrected chi connectivity index (χ0v) is 23.8. The first-order valence-electron chi connectivity index (χ1n) is 14.1. The Bertz CT molecular complexity index is 1710. The van der Waals surface area contributed by atoms with Gasteiger partial charge in [0.05, 0.1) is 25.7 Å². The van der Waals surface area contributed by atoms with E-state index in [-0.39, 0.29) is 0 Å². The Kier molecular flexibility index (Phi) is 8.12. The summed E-state index contributed by atoms with van der Waals surface area (Å²) in [6.07, 6.45) is 5.03. The first kappa shape index (κ1) is 27.3. The second-order valence-corrected chi connectivity index (χ2v) is 10.9. The molecule has 1 aliphatic carbocycles. The Labute approximate surface area is 236 Å². The van der Waals surface area contributed by atoms with E-state index in [4.69, 9.17) is 14.7 Å². The Morgan fingerprint density at radius 3 is 2.40 bits per heavy atom. The molecule has 0 saturated heterocycles. The predicted molar refractivity (Wildman–Crippen MR) is 165 cm³/mol. The van der Waals surface area contributed by atoms with Crippen LogP contribution in [0.5, 0.6) is 17.2 Å². The molecular weight excluding hydrogens is 494 g/mol. The van der Waals surface area contributed by atoms with Crippen LogP contribution in [0.3, 0.4) is 0 Å². The summed E-state index contributed by atoms with van der Waals surface area (Å²) in [7, 11) is 3.42. The number of phenolic OH excluding ortho intramolecular Hbond substituents is 1. The highest BCUT2D eigenvalue weighted by Gasteiger charge is 2.23. The first-order valence-corrected chi connectivity index (χ1v) is 14.1. The summed E-state index contributed by atoms with van der Waals surface area (Å²) < 4.78 is 11.3. The lowest BCUT2D eigenvalue weighted by molar-refractivity contribution is 0.405. The van der Waals surface area contributed by atoms with Crippen molar-refractivity contribution in [2.75, 3.05) is 14.2 Å². The van der Waals surface area contributed by atoms with E-state index in [1.807, 2.05) is 30.3 Å². The van der Waals surface area contributed by atoms with Gasteiger partial charge in [0.1, 0.15) is 17.2 Å². The second kappa shape index (κ2) is 11.9. The molecule has 0 aromatic heterocycles. The highest BCUT2D eigenvalue weighted by Crippen LogP contribution is 2.44. The average Bonchev–Trinajstić information content (AvgIpc) is 2.98. The van der Waals surface area contributed by atoms with E-state index in [0.29, 0.717) is 24.0 Å². The van der Waals surface area contributed by atoms with Crippen molar-refractivity contribution >= 4 is 32.3 Å². The number of ether oxygens (including phenoxy) is 2. The standard InChI is InChI=1S/C23H23NO2.C13H14O/c1-25-21-10-4-9-19-18-12-11-16-15(7-5-13-24)6-3-8-17(16)20(18)14-22(26-2)23(19)21;1-9(2)13-11-6-4-3-5-10(11)7-8-12(13)14/h4,9-12,14-15H,3,5-8H2,1-2H3;3-9,14H,1-2H3. The Morgan fingerprint density at radius 1 is 0.875 bits per heavy atom. The smallest absolute Gasteiger partial charge is 0.131 e. The van der Waals surface area contributed by atoms with Gasteiger partial charge >= 0.3 is 0 Å². The number of aryl methyl sites for hydroxylation is 1. The molecule has 0 bridgehead atoms. The van der Waals surface area contributed by atoms with E-state index in [1.54, 1.807) is 20.3 Å². The molecule has 1 unspecified atom stereocenters. The fourth-order valence-electron chi connectivity index (χ4n) is 6.40. The van der Waals surface area contributed by atoms with Crippen molar-refractivity contribution < 1.29 is 14.6 Å². The molecule has 0 amide bonds. The van der Waals surface area contributed by atoms with Gasteiger partial charge in [-0.3, -0.25) is 0 Å². The lowest BCUT2D eigenvalue weighted by Gasteiger charge is -2.27. The summed E-state index contributed by atoms with van der Waals surface area (Å²) in [5.74, 6) is 2.94. The van der Waals surface area contributed by atoms with Gasteiger partial charge in [-0.2, -0.15) is 5.26 Å². The van der Waals surface area contributed by atoms with Crippen LogP contribution >= 0.6 is 0 Å². The maximum absolute atomic E-state index is 9.78. The van der Waals surface area contributed by atoms with Crippen LogP contribution in [0, 0.1) is 11.3 Å². The molecule has 4 nitrogen and oxygen atoms in total. The summed E-state index contributed by atoms with van der Waals surface area (Å²) in [6, 6.07) is 27.0. The van der Waals surface area contributed by atoms with Crippen LogP contribution in [-0.4, -0.2) is 19.3 Å². The third-order valence-corrected chi connectivity index (χ3v) is 8.22. The molecule has 40 heavy (non-hydrogen) atoms. The van der Waals surface area contributed by atoms with Crippen LogP contribution in [0.25, 0.3) is 32.3 Å². The number of hydrogen-bond donors (Lipinski definition) is 1. The van der Waals surface area contributed by atoms with Gasteiger partial charge in [-0.25, -0.2) is 0 Å². The molecule has 0 spiro atoms. The molecule has 0 fully saturated rings. The van der Waals surface area contributed by atoms with E-state index in [1.165, 1.54) is 45.5 Å². The third-order valence-electron chi connectivity index (χ3n) is 8.22. The van der Waals surface area contributed by atoms with Crippen LogP contribution < -0.4 is 9.47 Å². The highest BCUT2D eigenvalue weighted by molar-refractivity contribution is 6.13. The molecule has 204 valence electrons. The monoisotopic (exact) mass is 531 g/mol. The topological polar surface area (TPSA) is 62.5 Å². The number of phenols is 1. The molecule has 5 aromatic rings. The van der Waals surface area contributed by atoms with Crippen LogP contribution in [0.1, 0.15) is 68.1 Å². The highest BCUT2D eigenvalue weighted by atomic mass is 16.5. The molecule has 5 aromatic carbocycles. The molecular formula is C36H37NO3. The fourth-order valence-corrected chi connectivity index (χ4v) is 6.40. The van der Waals surface area contributed by atoms with Crippen LogP contribution in [-0.2, 0) is 6.42 Å². The number of aromatic hydroxyl groups is 1. The lowest BCUT2D eigenvalue weighted by atomic mass is 9.78. The number of nitriles is 1. The quantitative estimate of drug-likeness (QED) is 0.229. The van der Waals surface area contributed by atoms with Gasteiger partial charge in [-0.05, 0) is 93.8 Å². The molecule has 1 N–H and O–H groups in total. The number of methoxy groups -OCH3 is 2. The molecule has 0 heterocycles. The Morgan fingerprint density at radius 2 is 1.65 bits per heavy atom. The first-order chi connectivity index (χ1) is 19.5. The number of nitrogens with zero attached hydrogens (tertiary/aromatic N) is 1. The van der Waals surface area contributed by atoms with Crippen molar-refractivity contribution in [3.05, 3.63) is 89.5 Å². The number of benzene rings is 5. The van der Waals surface area contributed by atoms with Gasteiger partial charge in [-0.1, -0.05) is 68.4 Å². The van der Waals surface area contributed by atoms with E-state index in [0.717, 1.165) is 40.7 Å². The number of hydrogen-bond acceptors (Lipinski definition) is 4. The third kappa shape index (κ3) is 5.05. The zero-order valence-electron chi connectivity index (χ0n) is 23.8. The van der Waals surface area contributed by atoms with E-state index in [9.17, 15) is 5.11 Å². The second-order valence-electron chi connectivity index (χ2n) is 10.9. The molecule has 0 saturated carbocycles. The summed E-state index contributed by atoms with van der Waals surface area (Å²) in [6.45, 7) is 4.20. The SMILES string of the molecule is CC(C)c1c(O)ccc2ccccc12.COc1cccc2c1c(OC)cc1c3c(ccc12)C(CCC#N)CCC3. The van der Waals surface area contributed by atoms with Gasteiger partial charge in [0, 0.05) is 12.0 Å². The Hall–Kier alpha value is -4.23. The average molecular weight is 532 g/mol. The lowest BCUT2D eigenvalue weighted by Crippen LogP contribution is -2.10. The Balaban J connectivity index is 0.000000194. The van der Waals surface area contributed by atoms with E-state index >= 15 is 0 Å². The van der Waals surface area contributed by atoms with E-state index in [2.05, 4.69) is 56.3 Å². The molecule has 0 radical (unpaired) electrons. The van der Waals surface area contributed by atoms with Crippen molar-refractivity contribution in [1.82, 2.24) is 0 Å². The van der Waals surface area contributed by atoms with Crippen molar-refractivity contribution in [2.45, 2.75) is 57.8 Å². The van der Waals surface area contributed by atoms with Crippen LogP contribution in [0.2, 0.25) is 0 Å². The van der Waals surface area contributed by atoms with Crippen molar-refractivity contribution in [3.63, 3.8) is 0 Å². The molecule has 0 aliphatic heterocycles. The van der Waals surface area contributed by atoms with E-state index < -0.39 is 0 Å². The summed E-state index contributed by atoms with van der Waals surface area (Å²) >= 11 is 0. The molecule has 4 heteroatoms. The summed E-state index contributed by atoms with van der Waals surface area (Å²) in [4.78, 5) is 0. The van der Waals surface area contributed by atoms with Crippen molar-refractivity contribution in [1.29, 1.82) is 5.26 Å². The van der Waals surface area contributed by atoms with Crippen molar-refractivity contribution in [2.24, 2.45) is 0 Å². The molecule has 6 rings (SSSR count). The summed E-state index contributed by atoms with van der Waals surface area (Å²) in [5.41, 5.74) is 3.89. The van der Waals surface area contributed by atoms with Crippen LogP contribution in [0.4, 0.5) is 0 Å². The maximum atomic E-state index is 9.78. The van der Waals surface area contributed by atoms with Gasteiger partial charge < -0.3 is 14.6 Å². The van der Waals surface area contributed by atoms with Gasteiger partial charge in [0.2, 0.25) is 0 Å². The van der Waals surface area contributed by atoms with Crippen LogP contribution in [0.15, 0.2) is 72.8 Å². The molecule has 1 aliphatic rings. The maximum Gasteiger partial charge on any atom is 0.131 e. The van der Waals surface area contributed by atoms with Crippen molar-refractivity contribution in [3.8, 4) is 23.3 Å².